The van der Waals surface area contributed by atoms with Crippen LogP contribution in [-0.2, 0) is 12.5 Å². The van der Waals surface area contributed by atoms with Crippen LogP contribution in [0.3, 0.4) is 0 Å². The highest BCUT2D eigenvalue weighted by Crippen LogP contribution is 2.36. The molecule has 1 nitrogen and oxygen atoms in total. The first-order chi connectivity index (χ1) is 19.0. The van der Waals surface area contributed by atoms with Crippen LogP contribution in [0.15, 0.2) is 79.4 Å². The summed E-state index contributed by atoms with van der Waals surface area (Å²) in [6, 6.07) is 10.9. The third-order valence-corrected chi connectivity index (χ3v) is 5.78. The molecule has 4 aromatic carbocycles. The Hall–Kier alpha value is -4.58. The molecule has 40 heavy (non-hydrogen) atoms. The molecule has 4 aromatic rings. The van der Waals surface area contributed by atoms with Gasteiger partial charge in [-0.1, -0.05) is 36.1 Å². The molecular weight excluding hydrogens is 540 g/mol. The van der Waals surface area contributed by atoms with Crippen molar-refractivity contribution in [3.63, 3.8) is 0 Å². The third kappa shape index (κ3) is 6.34. The van der Waals surface area contributed by atoms with E-state index in [0.717, 1.165) is 17.7 Å². The summed E-state index contributed by atoms with van der Waals surface area (Å²) in [5.41, 5.74) is -0.471. The van der Waals surface area contributed by atoms with Gasteiger partial charge in [-0.15, -0.1) is 6.58 Å². The SMILES string of the molecule is C=CCCc1ccc(C#Cc2ccc(-c3ccc(C(F)(F)Oc4cc(F)c(F)c(F)c4)c(F)c3)c(F)c2)c(F)c1. The summed E-state index contributed by atoms with van der Waals surface area (Å²) in [7, 11) is 0. The summed E-state index contributed by atoms with van der Waals surface area (Å²) in [6.07, 6.45) is -1.37. The Kier molecular flexibility index (Phi) is 8.29. The first-order valence-electron chi connectivity index (χ1n) is 11.7. The zero-order valence-electron chi connectivity index (χ0n) is 20.5. The lowest BCUT2D eigenvalue weighted by atomic mass is 10.0. The average molecular weight is 558 g/mol. The smallest absolute Gasteiger partial charge is 0.429 e. The van der Waals surface area contributed by atoms with Gasteiger partial charge in [0.05, 0.1) is 11.1 Å². The molecule has 0 N–H and O–H groups in total. The van der Waals surface area contributed by atoms with E-state index in [2.05, 4.69) is 23.2 Å². The molecule has 0 atom stereocenters. The van der Waals surface area contributed by atoms with Gasteiger partial charge in [0.15, 0.2) is 17.5 Å². The van der Waals surface area contributed by atoms with E-state index in [1.165, 1.54) is 24.3 Å². The molecule has 9 heteroatoms. The summed E-state index contributed by atoms with van der Waals surface area (Å²) in [5, 5.41) is 0. The minimum absolute atomic E-state index is 0.103. The molecule has 0 unspecified atom stereocenters. The third-order valence-electron chi connectivity index (χ3n) is 5.78. The second-order valence-corrected chi connectivity index (χ2v) is 8.60. The largest absolute Gasteiger partial charge is 0.429 e. The van der Waals surface area contributed by atoms with Gasteiger partial charge in [-0.25, -0.2) is 26.3 Å². The van der Waals surface area contributed by atoms with Crippen LogP contribution in [-0.4, -0.2) is 0 Å². The van der Waals surface area contributed by atoms with Gasteiger partial charge in [0, 0.05) is 23.3 Å². The molecule has 0 fully saturated rings. The van der Waals surface area contributed by atoms with Crippen molar-refractivity contribution in [3.8, 4) is 28.7 Å². The lowest BCUT2D eigenvalue weighted by molar-refractivity contribution is -0.187. The number of alkyl halides is 2. The van der Waals surface area contributed by atoms with Crippen LogP contribution in [0.5, 0.6) is 5.75 Å². The summed E-state index contributed by atoms with van der Waals surface area (Å²) >= 11 is 0. The number of ether oxygens (including phenoxy) is 1. The lowest BCUT2D eigenvalue weighted by Crippen LogP contribution is -2.23. The van der Waals surface area contributed by atoms with Crippen LogP contribution >= 0.6 is 0 Å². The standard InChI is InChI=1S/C31H18F8O/c1-2-3-4-18-5-8-20(25(32)13-18)9-6-19-7-11-23(26(33)14-19)21-10-12-24(27(34)15-21)31(38,39)40-22-16-28(35)30(37)29(36)17-22/h2,5,7-8,10-17H,1,3-4H2. The van der Waals surface area contributed by atoms with E-state index in [1.54, 1.807) is 12.1 Å². The number of halogens is 8. The zero-order chi connectivity index (χ0) is 29.0. The highest BCUT2D eigenvalue weighted by molar-refractivity contribution is 5.66. The fourth-order valence-corrected chi connectivity index (χ4v) is 3.76. The van der Waals surface area contributed by atoms with Crippen LogP contribution in [0.2, 0.25) is 0 Å². The molecule has 0 saturated heterocycles. The molecule has 0 radical (unpaired) electrons. The van der Waals surface area contributed by atoms with Crippen LogP contribution in [0.25, 0.3) is 11.1 Å². The molecular formula is C31H18F8O. The highest BCUT2D eigenvalue weighted by atomic mass is 19.3. The van der Waals surface area contributed by atoms with E-state index in [4.69, 9.17) is 0 Å². The summed E-state index contributed by atoms with van der Waals surface area (Å²) in [6.45, 7) is 3.62. The van der Waals surface area contributed by atoms with Crippen molar-refractivity contribution in [2.75, 3.05) is 0 Å². The van der Waals surface area contributed by atoms with Crippen LogP contribution in [0.1, 0.15) is 28.7 Å². The Morgan fingerprint density at radius 2 is 1.45 bits per heavy atom. The lowest BCUT2D eigenvalue weighted by Gasteiger charge is -2.19. The van der Waals surface area contributed by atoms with Crippen molar-refractivity contribution < 1.29 is 39.9 Å². The first-order valence-corrected chi connectivity index (χ1v) is 11.7. The van der Waals surface area contributed by atoms with Gasteiger partial charge < -0.3 is 4.74 Å². The van der Waals surface area contributed by atoms with Crippen LogP contribution in [0, 0.1) is 46.7 Å². The van der Waals surface area contributed by atoms with E-state index in [9.17, 15) is 35.1 Å². The van der Waals surface area contributed by atoms with Crippen molar-refractivity contribution in [1.29, 1.82) is 0 Å². The molecule has 0 bridgehead atoms. The van der Waals surface area contributed by atoms with Crippen molar-refractivity contribution in [2.24, 2.45) is 0 Å². The van der Waals surface area contributed by atoms with Crippen molar-refractivity contribution >= 4 is 0 Å². The molecule has 0 aliphatic rings. The molecule has 4 rings (SSSR count). The minimum Gasteiger partial charge on any atom is -0.429 e. The summed E-state index contributed by atoms with van der Waals surface area (Å²) in [4.78, 5) is 0. The fraction of sp³-hybridized carbons (Fsp3) is 0.0968. The van der Waals surface area contributed by atoms with Gasteiger partial charge in [-0.05, 0) is 60.4 Å². The number of benzene rings is 4. The molecule has 0 aliphatic carbocycles. The number of allylic oxidation sites excluding steroid dienone is 1. The monoisotopic (exact) mass is 558 g/mol. The molecule has 0 heterocycles. The molecule has 0 spiro atoms. The number of rotatable bonds is 7. The maximum absolute atomic E-state index is 14.8. The zero-order valence-corrected chi connectivity index (χ0v) is 20.5. The predicted molar refractivity (Wildman–Crippen MR) is 134 cm³/mol. The molecule has 0 aliphatic heterocycles. The molecule has 0 amide bonds. The summed E-state index contributed by atoms with van der Waals surface area (Å²) < 4.78 is 117. The minimum atomic E-state index is -4.41. The second-order valence-electron chi connectivity index (χ2n) is 8.60. The molecule has 0 saturated carbocycles. The van der Waals surface area contributed by atoms with Gasteiger partial charge in [0.1, 0.15) is 23.2 Å². The number of hydrogen-bond acceptors (Lipinski definition) is 1. The van der Waals surface area contributed by atoms with Gasteiger partial charge in [-0.3, -0.25) is 0 Å². The van der Waals surface area contributed by atoms with Crippen LogP contribution in [0.4, 0.5) is 35.1 Å². The fourth-order valence-electron chi connectivity index (χ4n) is 3.76. The van der Waals surface area contributed by atoms with E-state index in [-0.39, 0.29) is 34.4 Å². The predicted octanol–water partition coefficient (Wildman–Crippen LogP) is 8.83. The van der Waals surface area contributed by atoms with Crippen molar-refractivity contribution in [3.05, 3.63) is 137 Å². The average Bonchev–Trinajstić information content (AvgIpc) is 2.89. The Labute approximate surface area is 224 Å². The van der Waals surface area contributed by atoms with Gasteiger partial charge in [0.2, 0.25) is 0 Å². The number of aryl methyl sites for hydroxylation is 1. The van der Waals surface area contributed by atoms with Crippen molar-refractivity contribution in [1.82, 2.24) is 0 Å². The normalized spacial score (nSPS) is 11.1. The van der Waals surface area contributed by atoms with Gasteiger partial charge in [-0.2, -0.15) is 8.78 Å². The summed E-state index contributed by atoms with van der Waals surface area (Å²) in [5.74, 6) is -4.10. The first kappa shape index (κ1) is 28.4. The second kappa shape index (κ2) is 11.7. The van der Waals surface area contributed by atoms with E-state index >= 15 is 0 Å². The van der Waals surface area contributed by atoms with Crippen LogP contribution < -0.4 is 4.74 Å². The van der Waals surface area contributed by atoms with E-state index in [1.807, 2.05) is 0 Å². The number of hydrogen-bond donors (Lipinski definition) is 0. The van der Waals surface area contributed by atoms with E-state index in [0.29, 0.717) is 25.0 Å². The molecule has 0 aromatic heterocycles. The Balaban J connectivity index is 1.54. The maximum Gasteiger partial charge on any atom is 0.429 e. The Morgan fingerprint density at radius 3 is 2.08 bits per heavy atom. The molecule has 204 valence electrons. The Bertz CT molecular complexity index is 1630. The highest BCUT2D eigenvalue weighted by Gasteiger charge is 2.38. The van der Waals surface area contributed by atoms with Gasteiger partial charge in [0.25, 0.3) is 0 Å². The van der Waals surface area contributed by atoms with E-state index < -0.39 is 52.3 Å². The quantitative estimate of drug-likeness (QED) is 0.0953. The van der Waals surface area contributed by atoms with Crippen molar-refractivity contribution in [2.45, 2.75) is 19.0 Å². The topological polar surface area (TPSA) is 9.23 Å². The Morgan fingerprint density at radius 1 is 0.725 bits per heavy atom. The maximum atomic E-state index is 14.8. The van der Waals surface area contributed by atoms with Gasteiger partial charge >= 0.3 is 6.11 Å².